The van der Waals surface area contributed by atoms with E-state index in [1.54, 1.807) is 24.3 Å². The molecule has 0 radical (unpaired) electrons. The largest absolute Gasteiger partial charge is 0.326 e. The van der Waals surface area contributed by atoms with Gasteiger partial charge in [0.25, 0.3) is 0 Å². The summed E-state index contributed by atoms with van der Waals surface area (Å²) < 4.78 is 1.98. The predicted octanol–water partition coefficient (Wildman–Crippen LogP) is 5.92. The van der Waals surface area contributed by atoms with E-state index in [1.165, 1.54) is 24.2 Å². The van der Waals surface area contributed by atoms with Crippen molar-refractivity contribution >= 4 is 35.0 Å². The summed E-state index contributed by atoms with van der Waals surface area (Å²) in [6.07, 6.45) is 0. The van der Waals surface area contributed by atoms with Crippen molar-refractivity contribution in [3.8, 4) is 17.1 Å². The molecule has 0 fully saturated rings. The van der Waals surface area contributed by atoms with Gasteiger partial charge in [-0.3, -0.25) is 14.2 Å². The first-order chi connectivity index (χ1) is 17.2. The number of aromatic nitrogens is 3. The molecule has 0 aliphatic rings. The second kappa shape index (κ2) is 10.8. The van der Waals surface area contributed by atoms with Crippen LogP contribution in [-0.4, -0.2) is 32.3 Å². The Kier molecular flexibility index (Phi) is 7.55. The fourth-order valence-electron chi connectivity index (χ4n) is 3.65. The Balaban J connectivity index is 1.52. The van der Waals surface area contributed by atoms with Gasteiger partial charge < -0.3 is 10.6 Å². The lowest BCUT2D eigenvalue weighted by atomic mass is 9.87. The summed E-state index contributed by atoms with van der Waals surface area (Å²) in [6.45, 7) is 8.01. The van der Waals surface area contributed by atoms with Crippen LogP contribution in [-0.2, 0) is 15.0 Å². The van der Waals surface area contributed by atoms with Gasteiger partial charge in [0.1, 0.15) is 0 Å². The van der Waals surface area contributed by atoms with Crippen LogP contribution in [0.2, 0.25) is 0 Å². The molecule has 2 amide bonds. The van der Waals surface area contributed by atoms with Crippen molar-refractivity contribution in [2.75, 3.05) is 16.4 Å². The zero-order valence-corrected chi connectivity index (χ0v) is 21.6. The van der Waals surface area contributed by atoms with E-state index in [9.17, 15) is 9.59 Å². The molecule has 8 heteroatoms. The average Bonchev–Trinajstić information content (AvgIpc) is 3.28. The summed E-state index contributed by atoms with van der Waals surface area (Å²) in [6, 6.07) is 25.2. The van der Waals surface area contributed by atoms with Crippen LogP contribution in [0.3, 0.4) is 0 Å². The fraction of sp³-hybridized carbons (Fsp3) is 0.214. The van der Waals surface area contributed by atoms with E-state index < -0.39 is 0 Å². The van der Waals surface area contributed by atoms with E-state index in [-0.39, 0.29) is 23.0 Å². The standard InChI is InChI=1S/C28H29N5O2S/c1-19(34)29-22-14-16-23(17-15-22)30-25(35)18-36-27-32-31-26(33(27)24-8-6-5-7-9-24)20-10-12-21(13-11-20)28(2,3)4/h5-17H,18H2,1-4H3,(H,29,34)(H,30,35). The number of para-hydroxylation sites is 1. The number of carbonyl (C=O) groups is 2. The van der Waals surface area contributed by atoms with E-state index in [1.807, 2.05) is 34.9 Å². The van der Waals surface area contributed by atoms with Gasteiger partial charge in [-0.05, 0) is 47.4 Å². The van der Waals surface area contributed by atoms with Crippen LogP contribution in [0.25, 0.3) is 17.1 Å². The molecule has 7 nitrogen and oxygen atoms in total. The van der Waals surface area contributed by atoms with Gasteiger partial charge in [0.2, 0.25) is 11.8 Å². The second-order valence-corrected chi connectivity index (χ2v) is 10.3. The minimum absolute atomic E-state index is 0.0598. The highest BCUT2D eigenvalue weighted by atomic mass is 32.2. The van der Waals surface area contributed by atoms with Crippen LogP contribution in [0.15, 0.2) is 84.0 Å². The third-order valence-electron chi connectivity index (χ3n) is 5.48. The smallest absolute Gasteiger partial charge is 0.234 e. The van der Waals surface area contributed by atoms with Crippen LogP contribution in [0.5, 0.6) is 0 Å². The van der Waals surface area contributed by atoms with Gasteiger partial charge in [0, 0.05) is 29.5 Å². The van der Waals surface area contributed by atoms with Crippen LogP contribution in [0.1, 0.15) is 33.3 Å². The molecule has 4 rings (SSSR count). The van der Waals surface area contributed by atoms with Crippen LogP contribution >= 0.6 is 11.8 Å². The predicted molar refractivity (Wildman–Crippen MR) is 146 cm³/mol. The molecule has 0 spiro atoms. The first-order valence-corrected chi connectivity index (χ1v) is 12.6. The lowest BCUT2D eigenvalue weighted by molar-refractivity contribution is -0.114. The number of anilines is 2. The molecule has 0 aliphatic carbocycles. The van der Waals surface area contributed by atoms with E-state index in [0.717, 1.165) is 17.1 Å². The molecular weight excluding hydrogens is 470 g/mol. The molecule has 0 aliphatic heterocycles. The minimum atomic E-state index is -0.161. The van der Waals surface area contributed by atoms with Gasteiger partial charge in [0.15, 0.2) is 11.0 Å². The van der Waals surface area contributed by atoms with E-state index in [4.69, 9.17) is 0 Å². The van der Waals surface area contributed by atoms with Crippen LogP contribution in [0.4, 0.5) is 11.4 Å². The summed E-state index contributed by atoms with van der Waals surface area (Å²) in [5.74, 6) is 0.584. The summed E-state index contributed by atoms with van der Waals surface area (Å²) >= 11 is 1.32. The van der Waals surface area contributed by atoms with Gasteiger partial charge in [-0.25, -0.2) is 0 Å². The molecule has 1 heterocycles. The van der Waals surface area contributed by atoms with Crippen molar-refractivity contribution in [1.29, 1.82) is 0 Å². The number of thioether (sulfide) groups is 1. The van der Waals surface area contributed by atoms with Gasteiger partial charge in [-0.2, -0.15) is 0 Å². The number of nitrogens with one attached hydrogen (secondary N) is 2. The topological polar surface area (TPSA) is 88.9 Å². The van der Waals surface area contributed by atoms with Crippen molar-refractivity contribution in [3.05, 3.63) is 84.4 Å². The molecule has 3 aromatic carbocycles. The van der Waals surface area contributed by atoms with Crippen molar-refractivity contribution in [2.45, 2.75) is 38.3 Å². The first-order valence-electron chi connectivity index (χ1n) is 11.6. The van der Waals surface area contributed by atoms with Crippen molar-refractivity contribution < 1.29 is 9.59 Å². The highest BCUT2D eigenvalue weighted by Gasteiger charge is 2.19. The third kappa shape index (κ3) is 6.20. The molecule has 0 unspecified atom stereocenters. The Morgan fingerprint density at radius 3 is 2.03 bits per heavy atom. The molecule has 4 aromatic rings. The molecule has 36 heavy (non-hydrogen) atoms. The van der Waals surface area contributed by atoms with Crippen molar-refractivity contribution in [3.63, 3.8) is 0 Å². The normalized spacial score (nSPS) is 11.2. The SMILES string of the molecule is CC(=O)Nc1ccc(NC(=O)CSc2nnc(-c3ccc(C(C)(C)C)cc3)n2-c2ccccc2)cc1. The highest BCUT2D eigenvalue weighted by Crippen LogP contribution is 2.30. The Hall–Kier alpha value is -3.91. The first kappa shape index (κ1) is 25.2. The molecule has 1 aromatic heterocycles. The van der Waals surface area contributed by atoms with Crippen LogP contribution < -0.4 is 10.6 Å². The zero-order chi connectivity index (χ0) is 25.7. The number of rotatable bonds is 7. The maximum Gasteiger partial charge on any atom is 0.234 e. The summed E-state index contributed by atoms with van der Waals surface area (Å²) in [5.41, 5.74) is 4.51. The van der Waals surface area contributed by atoms with Gasteiger partial charge in [0.05, 0.1) is 5.75 Å². The summed E-state index contributed by atoms with van der Waals surface area (Å²) in [7, 11) is 0. The molecule has 2 N–H and O–H groups in total. The van der Waals surface area contributed by atoms with Crippen molar-refractivity contribution in [2.24, 2.45) is 0 Å². The maximum absolute atomic E-state index is 12.6. The molecule has 0 atom stereocenters. The molecule has 0 saturated heterocycles. The number of hydrogen-bond acceptors (Lipinski definition) is 5. The Labute approximate surface area is 215 Å². The van der Waals surface area contributed by atoms with E-state index in [0.29, 0.717) is 16.5 Å². The lowest BCUT2D eigenvalue weighted by Gasteiger charge is -2.19. The Morgan fingerprint density at radius 1 is 0.833 bits per heavy atom. The minimum Gasteiger partial charge on any atom is -0.326 e. The van der Waals surface area contributed by atoms with Gasteiger partial charge in [-0.15, -0.1) is 10.2 Å². The number of nitrogens with zero attached hydrogens (tertiary/aromatic N) is 3. The molecular formula is C28H29N5O2S. The maximum atomic E-state index is 12.6. The molecule has 184 valence electrons. The van der Waals surface area contributed by atoms with E-state index >= 15 is 0 Å². The van der Waals surface area contributed by atoms with Gasteiger partial charge in [-0.1, -0.05) is 75.0 Å². The number of carbonyl (C=O) groups excluding carboxylic acids is 2. The Bertz CT molecular complexity index is 1340. The molecule has 0 bridgehead atoms. The third-order valence-corrected chi connectivity index (χ3v) is 6.41. The monoisotopic (exact) mass is 499 g/mol. The zero-order valence-electron chi connectivity index (χ0n) is 20.8. The highest BCUT2D eigenvalue weighted by molar-refractivity contribution is 7.99. The number of benzene rings is 3. The second-order valence-electron chi connectivity index (χ2n) is 9.40. The summed E-state index contributed by atoms with van der Waals surface area (Å²) in [5, 5.41) is 15.1. The summed E-state index contributed by atoms with van der Waals surface area (Å²) in [4.78, 5) is 23.8. The van der Waals surface area contributed by atoms with Crippen LogP contribution in [0, 0.1) is 0 Å². The van der Waals surface area contributed by atoms with Gasteiger partial charge >= 0.3 is 0 Å². The number of amides is 2. The van der Waals surface area contributed by atoms with Crippen molar-refractivity contribution in [1.82, 2.24) is 14.8 Å². The Morgan fingerprint density at radius 2 is 1.44 bits per heavy atom. The quantitative estimate of drug-likeness (QED) is 0.308. The fourth-order valence-corrected chi connectivity index (χ4v) is 4.40. The molecule has 0 saturated carbocycles. The lowest BCUT2D eigenvalue weighted by Crippen LogP contribution is -2.14. The van der Waals surface area contributed by atoms with E-state index in [2.05, 4.69) is 65.9 Å². The average molecular weight is 500 g/mol. The number of hydrogen-bond donors (Lipinski definition) is 2.